The quantitative estimate of drug-likeness (QED) is 0.140. The fourth-order valence-corrected chi connectivity index (χ4v) is 17.2. The van der Waals surface area contributed by atoms with Crippen LogP contribution in [0.4, 0.5) is 50.5 Å². The third-order valence-corrected chi connectivity index (χ3v) is 22.6. The van der Waals surface area contributed by atoms with Gasteiger partial charge in [-0.2, -0.15) is 0 Å². The molecule has 0 bridgehead atoms. The van der Waals surface area contributed by atoms with Crippen LogP contribution < -0.4 is 31.1 Å². The lowest BCUT2D eigenvalue weighted by Gasteiger charge is -2.48. The predicted octanol–water partition coefficient (Wildman–Crippen LogP) is 20.3. The molecule has 0 saturated carbocycles. The highest BCUT2D eigenvalue weighted by Crippen LogP contribution is 2.56. The van der Waals surface area contributed by atoms with Gasteiger partial charge in [-0.15, -0.1) is 11.3 Å². The van der Waals surface area contributed by atoms with Gasteiger partial charge >= 0.3 is 0 Å². The van der Waals surface area contributed by atoms with E-state index >= 15 is 0 Å². The summed E-state index contributed by atoms with van der Waals surface area (Å²) in [6, 6.07) is 62.2. The van der Waals surface area contributed by atoms with Crippen molar-refractivity contribution in [2.45, 2.75) is 181 Å². The minimum atomic E-state index is -0.00250. The summed E-state index contributed by atoms with van der Waals surface area (Å²) < 4.78 is 1.39. The van der Waals surface area contributed by atoms with Gasteiger partial charge in [0.2, 0.25) is 0 Å². The van der Waals surface area contributed by atoms with E-state index in [-0.39, 0.29) is 39.2 Å². The predicted molar refractivity (Wildman–Crippen MR) is 361 cm³/mol. The Morgan fingerprint density at radius 1 is 0.398 bits per heavy atom. The van der Waals surface area contributed by atoms with Gasteiger partial charge in [-0.3, -0.25) is 0 Å². The molecule has 0 fully saturated rings. The number of thiophene rings is 1. The molecule has 420 valence electrons. The second kappa shape index (κ2) is 18.8. The number of hydrogen-bond acceptors (Lipinski definition) is 4. The Morgan fingerprint density at radius 3 is 1.34 bits per heavy atom. The first-order valence-corrected chi connectivity index (χ1v) is 32.2. The van der Waals surface area contributed by atoms with E-state index in [0.29, 0.717) is 0 Å². The molecule has 9 aromatic rings. The number of hydrogen-bond donors (Lipinski definition) is 0. The highest BCUT2D eigenvalue weighted by molar-refractivity contribution is 7.26. The van der Waals surface area contributed by atoms with Crippen LogP contribution in [-0.4, -0.2) is 6.71 Å². The smallest absolute Gasteiger partial charge is 0.254 e. The second-order valence-corrected chi connectivity index (χ2v) is 30.5. The lowest BCUT2D eigenvalue weighted by molar-refractivity contribution is 0.332. The maximum atomic E-state index is 2.76. The van der Waals surface area contributed by atoms with Gasteiger partial charge in [0.25, 0.3) is 6.71 Å². The van der Waals surface area contributed by atoms with Crippen molar-refractivity contribution in [3.05, 3.63) is 202 Å². The number of aryl methyl sites for hydroxylation is 2. The van der Waals surface area contributed by atoms with Crippen LogP contribution in [0.1, 0.15) is 180 Å². The maximum Gasteiger partial charge on any atom is 0.254 e. The van der Waals surface area contributed by atoms with E-state index in [1.54, 1.807) is 0 Å². The van der Waals surface area contributed by atoms with E-state index in [1.807, 2.05) is 11.3 Å². The summed E-state index contributed by atoms with van der Waals surface area (Å²) in [5, 5.41) is 2.77. The zero-order valence-electron chi connectivity index (χ0n) is 52.0. The van der Waals surface area contributed by atoms with E-state index in [2.05, 4.69) is 269 Å². The molecule has 0 N–H and O–H groups in total. The molecule has 0 radical (unpaired) electrons. The number of para-hydroxylation sites is 2. The van der Waals surface area contributed by atoms with Gasteiger partial charge in [0.05, 0.1) is 5.00 Å². The minimum absolute atomic E-state index is 0.00250. The molecule has 5 aliphatic rings. The fourth-order valence-electron chi connectivity index (χ4n) is 15.9. The van der Waals surface area contributed by atoms with E-state index in [1.165, 1.54) is 135 Å². The van der Waals surface area contributed by atoms with Crippen molar-refractivity contribution < 1.29 is 0 Å². The zero-order valence-corrected chi connectivity index (χ0v) is 52.8. The average molecular weight is 1110 g/mol. The van der Waals surface area contributed by atoms with E-state index in [0.717, 1.165) is 49.2 Å². The van der Waals surface area contributed by atoms with Crippen LogP contribution in [0.25, 0.3) is 21.2 Å². The Bertz CT molecular complexity index is 4040. The number of fused-ring (bicyclic) bond motifs is 9. The van der Waals surface area contributed by atoms with Crippen molar-refractivity contribution in [2.75, 3.05) is 14.7 Å². The van der Waals surface area contributed by atoms with E-state index < -0.39 is 0 Å². The monoisotopic (exact) mass is 1110 g/mol. The summed E-state index contributed by atoms with van der Waals surface area (Å²) in [6.45, 7) is 34.6. The molecule has 83 heavy (non-hydrogen) atoms. The van der Waals surface area contributed by atoms with Gasteiger partial charge in [-0.25, -0.2) is 0 Å². The normalized spacial score (nSPS) is 18.8. The fraction of sp³-hybridized carbons (Fsp3) is 0.359. The summed E-state index contributed by atoms with van der Waals surface area (Å²) in [5.74, 6) is 0. The standard InChI is InChI=1S/C78H84BN3S/c1-15-49-41-58-69(44-50(49)16-2)83-72-70(58)79-65-47-63-64(78(13,14)40-39-77(63,11)12)48-66(65)81(56-31-33-59-61(45-56)75(7,8)37-35-73(59,3)4)67-42-52(51-27-29-55(30-28-51)80(53-23-19-17-20-24-53)54-25-21-18-22-26-54)43-68(71(67)79)82(72)57-32-34-60-62(46-57)76(9,10)38-36-74(60,5)6/h17-34,41-48H,15-16,35-40H2,1-14H3. The van der Waals surface area contributed by atoms with Gasteiger partial charge in [0.15, 0.2) is 0 Å². The van der Waals surface area contributed by atoms with Crippen molar-refractivity contribution in [2.24, 2.45) is 0 Å². The first kappa shape index (κ1) is 54.1. The number of anilines is 9. The molecule has 1 aromatic heterocycles. The van der Waals surface area contributed by atoms with Gasteiger partial charge in [-0.1, -0.05) is 170 Å². The lowest BCUT2D eigenvalue weighted by atomic mass is 9.33. The van der Waals surface area contributed by atoms with Crippen LogP contribution in [0.15, 0.2) is 158 Å². The molecule has 5 heteroatoms. The van der Waals surface area contributed by atoms with E-state index in [9.17, 15) is 0 Å². The molecule has 0 amide bonds. The largest absolute Gasteiger partial charge is 0.311 e. The van der Waals surface area contributed by atoms with Gasteiger partial charge in [0, 0.05) is 50.2 Å². The first-order valence-electron chi connectivity index (χ1n) is 31.4. The SMILES string of the molecule is CCc1cc2sc3c(c2cc1CC)B1c2cc4c(cc2N(c2ccc5c(c2)C(C)(C)CCC5(C)C)c2cc(-c5ccc(N(c6ccccc6)c6ccccc6)cc5)cc(c21)N3c1ccc2c(c1)C(C)(C)CCC2(C)C)C(C)(C)CCC4(C)C. The summed E-state index contributed by atoms with van der Waals surface area (Å²) in [6.07, 6.45) is 9.06. The third-order valence-electron chi connectivity index (χ3n) is 21.4. The van der Waals surface area contributed by atoms with Crippen molar-refractivity contribution >= 4 is 95.0 Å². The summed E-state index contributed by atoms with van der Waals surface area (Å²) in [7, 11) is 0. The first-order chi connectivity index (χ1) is 39.5. The Labute approximate surface area is 500 Å². The molecule has 3 nitrogen and oxygen atoms in total. The maximum absolute atomic E-state index is 2.76. The van der Waals surface area contributed by atoms with Crippen LogP contribution >= 0.6 is 11.3 Å². The summed E-state index contributed by atoms with van der Waals surface area (Å²) >= 11 is 2.03. The Kier molecular flexibility index (Phi) is 12.3. The Morgan fingerprint density at radius 2 is 0.831 bits per heavy atom. The molecule has 0 spiro atoms. The van der Waals surface area contributed by atoms with E-state index in [4.69, 9.17) is 0 Å². The molecular weight excluding hydrogens is 1020 g/mol. The van der Waals surface area contributed by atoms with Gasteiger partial charge in [0.1, 0.15) is 0 Å². The average Bonchev–Trinajstić information content (AvgIpc) is 1.87. The highest BCUT2D eigenvalue weighted by Gasteiger charge is 2.49. The number of rotatable bonds is 8. The molecule has 3 heterocycles. The minimum Gasteiger partial charge on any atom is -0.311 e. The second-order valence-electron chi connectivity index (χ2n) is 29.5. The van der Waals surface area contributed by atoms with Crippen molar-refractivity contribution in [3.8, 4) is 11.1 Å². The third kappa shape index (κ3) is 8.46. The van der Waals surface area contributed by atoms with Gasteiger partial charge < -0.3 is 14.7 Å². The molecule has 0 atom stereocenters. The molecule has 14 rings (SSSR count). The lowest BCUT2D eigenvalue weighted by Crippen LogP contribution is -2.61. The van der Waals surface area contributed by atoms with Crippen LogP contribution in [0.2, 0.25) is 0 Å². The zero-order chi connectivity index (χ0) is 57.9. The van der Waals surface area contributed by atoms with Crippen molar-refractivity contribution in [3.63, 3.8) is 0 Å². The van der Waals surface area contributed by atoms with Crippen LogP contribution in [0.3, 0.4) is 0 Å². The number of nitrogens with zero attached hydrogens (tertiary/aromatic N) is 3. The molecule has 0 unspecified atom stereocenters. The molecular formula is C78H84BN3S. The molecule has 3 aliphatic carbocycles. The van der Waals surface area contributed by atoms with Gasteiger partial charge in [-0.05, 0) is 246 Å². The van der Waals surface area contributed by atoms with Crippen LogP contribution in [0.5, 0.6) is 0 Å². The molecule has 0 saturated heterocycles. The van der Waals surface area contributed by atoms with Crippen LogP contribution in [0, 0.1) is 0 Å². The van der Waals surface area contributed by atoms with Crippen LogP contribution in [-0.2, 0) is 45.3 Å². The highest BCUT2D eigenvalue weighted by atomic mass is 32.1. The molecule has 2 aliphatic heterocycles. The van der Waals surface area contributed by atoms with Crippen molar-refractivity contribution in [1.29, 1.82) is 0 Å². The summed E-state index contributed by atoms with van der Waals surface area (Å²) in [5.41, 5.74) is 28.8. The Hall–Kier alpha value is -6.82. The van der Waals surface area contributed by atoms with Crippen molar-refractivity contribution in [1.82, 2.24) is 0 Å². The molecule has 8 aromatic carbocycles. The number of benzene rings is 8. The Balaban J connectivity index is 1.10. The summed E-state index contributed by atoms with van der Waals surface area (Å²) in [4.78, 5) is 7.89. The topological polar surface area (TPSA) is 9.72 Å².